The van der Waals surface area contributed by atoms with E-state index in [1.807, 2.05) is 0 Å². The van der Waals surface area contributed by atoms with Crippen LogP contribution in [0.1, 0.15) is 40.1 Å². The number of carbonyl (C=O) groups excluding carboxylic acids is 1. The predicted octanol–water partition coefficient (Wildman–Crippen LogP) is 5.01. The molecular formula is C17H17ClN2O3S. The quantitative estimate of drug-likeness (QED) is 0.669. The number of benzene rings is 1. The number of rotatable bonds is 3. The second-order valence-corrected chi connectivity index (χ2v) is 7.20. The van der Waals surface area contributed by atoms with Crippen LogP contribution >= 0.6 is 22.9 Å². The monoisotopic (exact) mass is 364 g/mol. The zero-order chi connectivity index (χ0) is 17.1. The first-order chi connectivity index (χ1) is 11.5. The predicted molar refractivity (Wildman–Crippen MR) is 96.6 cm³/mol. The van der Waals surface area contributed by atoms with Crippen LogP contribution in [0.5, 0.6) is 0 Å². The van der Waals surface area contributed by atoms with Gasteiger partial charge < -0.3 is 10.4 Å². The number of halogens is 1. The van der Waals surface area contributed by atoms with Crippen LogP contribution in [0.15, 0.2) is 24.3 Å². The van der Waals surface area contributed by atoms with Gasteiger partial charge in [-0.15, -0.1) is 11.3 Å². The average Bonchev–Trinajstić information content (AvgIpc) is 2.71. The van der Waals surface area contributed by atoms with Crippen molar-refractivity contribution in [3.63, 3.8) is 0 Å². The van der Waals surface area contributed by atoms with Gasteiger partial charge in [0.25, 0.3) is 0 Å². The highest BCUT2D eigenvalue weighted by atomic mass is 35.5. The third kappa shape index (κ3) is 3.71. The molecule has 1 aliphatic carbocycles. The molecule has 0 aliphatic heterocycles. The van der Waals surface area contributed by atoms with Gasteiger partial charge in [0.2, 0.25) is 0 Å². The molecule has 2 aromatic rings. The Bertz CT molecular complexity index is 771. The molecule has 1 aromatic heterocycles. The summed E-state index contributed by atoms with van der Waals surface area (Å²) in [5.41, 5.74) is 1.71. The van der Waals surface area contributed by atoms with Gasteiger partial charge in [0.1, 0.15) is 5.00 Å². The minimum absolute atomic E-state index is 0.239. The molecule has 7 heteroatoms. The van der Waals surface area contributed by atoms with Crippen molar-refractivity contribution in [3.8, 4) is 0 Å². The highest BCUT2D eigenvalue weighted by Crippen LogP contribution is 2.37. The van der Waals surface area contributed by atoms with Crippen LogP contribution in [0.4, 0.5) is 15.5 Å². The Morgan fingerprint density at radius 3 is 2.46 bits per heavy atom. The number of urea groups is 1. The number of nitrogens with one attached hydrogen (secondary N) is 2. The van der Waals surface area contributed by atoms with Gasteiger partial charge in [-0.3, -0.25) is 5.32 Å². The molecule has 3 rings (SSSR count). The SMILES string of the molecule is O=C(Nc1ccc(Cl)cc1)Nc1sc2c(c1C(=O)O)CCCCC2. The molecular weight excluding hydrogens is 348 g/mol. The summed E-state index contributed by atoms with van der Waals surface area (Å²) in [5.74, 6) is -0.990. The second kappa shape index (κ2) is 7.23. The first kappa shape index (κ1) is 16.8. The number of carboxylic acids is 1. The Morgan fingerprint density at radius 1 is 1.04 bits per heavy atom. The molecule has 0 radical (unpaired) electrons. The summed E-state index contributed by atoms with van der Waals surface area (Å²) in [6, 6.07) is 6.25. The van der Waals surface area contributed by atoms with E-state index >= 15 is 0 Å². The number of fused-ring (bicyclic) bond motifs is 1. The normalized spacial score (nSPS) is 13.7. The lowest BCUT2D eigenvalue weighted by Gasteiger charge is -2.08. The Hall–Kier alpha value is -2.05. The first-order valence-electron chi connectivity index (χ1n) is 7.76. The number of carbonyl (C=O) groups is 2. The Morgan fingerprint density at radius 2 is 1.75 bits per heavy atom. The summed E-state index contributed by atoms with van der Waals surface area (Å²) in [7, 11) is 0. The lowest BCUT2D eigenvalue weighted by atomic mass is 10.1. The van der Waals surface area contributed by atoms with E-state index in [1.165, 1.54) is 11.3 Å². The van der Waals surface area contributed by atoms with Gasteiger partial charge >= 0.3 is 12.0 Å². The number of amides is 2. The largest absolute Gasteiger partial charge is 0.478 e. The smallest absolute Gasteiger partial charge is 0.339 e. The first-order valence-corrected chi connectivity index (χ1v) is 8.95. The maximum Gasteiger partial charge on any atom is 0.339 e. The Labute approximate surface area is 148 Å². The third-order valence-corrected chi connectivity index (χ3v) is 5.42. The van der Waals surface area contributed by atoms with Crippen molar-refractivity contribution in [2.75, 3.05) is 10.6 Å². The number of aromatic carboxylic acids is 1. The molecule has 2 amide bonds. The summed E-state index contributed by atoms with van der Waals surface area (Å²) in [6.45, 7) is 0. The van der Waals surface area contributed by atoms with Crippen molar-refractivity contribution in [2.45, 2.75) is 32.1 Å². The van der Waals surface area contributed by atoms with E-state index in [1.54, 1.807) is 24.3 Å². The van der Waals surface area contributed by atoms with Crippen molar-refractivity contribution < 1.29 is 14.7 Å². The van der Waals surface area contributed by atoms with Crippen LogP contribution in [-0.2, 0) is 12.8 Å². The summed E-state index contributed by atoms with van der Waals surface area (Å²) >= 11 is 7.18. The summed E-state index contributed by atoms with van der Waals surface area (Å²) in [4.78, 5) is 24.9. The summed E-state index contributed by atoms with van der Waals surface area (Å²) in [5, 5.41) is 15.9. The van der Waals surface area contributed by atoms with Crippen LogP contribution in [-0.4, -0.2) is 17.1 Å². The van der Waals surface area contributed by atoms with Gasteiger partial charge in [0, 0.05) is 15.6 Å². The molecule has 1 heterocycles. The number of aryl methyl sites for hydroxylation is 1. The molecule has 0 saturated heterocycles. The van der Waals surface area contributed by atoms with Crippen molar-refractivity contribution >= 4 is 45.6 Å². The summed E-state index contributed by atoms with van der Waals surface area (Å²) < 4.78 is 0. The highest BCUT2D eigenvalue weighted by Gasteiger charge is 2.25. The van der Waals surface area contributed by atoms with Gasteiger partial charge in [-0.05, 0) is 55.5 Å². The average molecular weight is 365 g/mol. The lowest BCUT2D eigenvalue weighted by Crippen LogP contribution is -2.20. The topological polar surface area (TPSA) is 78.4 Å². The van der Waals surface area contributed by atoms with Gasteiger partial charge in [-0.1, -0.05) is 18.0 Å². The number of hydrogen-bond donors (Lipinski definition) is 3. The van der Waals surface area contributed by atoms with E-state index in [-0.39, 0.29) is 5.56 Å². The number of thiophene rings is 1. The van der Waals surface area contributed by atoms with E-state index in [9.17, 15) is 14.7 Å². The zero-order valence-corrected chi connectivity index (χ0v) is 14.5. The van der Waals surface area contributed by atoms with E-state index < -0.39 is 12.0 Å². The molecule has 0 fully saturated rings. The number of anilines is 2. The van der Waals surface area contributed by atoms with Gasteiger partial charge in [0.15, 0.2) is 0 Å². The number of carboxylic acid groups (broad SMARTS) is 1. The maximum atomic E-state index is 12.2. The zero-order valence-electron chi connectivity index (χ0n) is 12.9. The summed E-state index contributed by atoms with van der Waals surface area (Å²) in [6.07, 6.45) is 4.79. The van der Waals surface area contributed by atoms with Gasteiger partial charge in [-0.2, -0.15) is 0 Å². The van der Waals surface area contributed by atoms with Crippen LogP contribution in [0, 0.1) is 0 Å². The van der Waals surface area contributed by atoms with Crippen molar-refractivity contribution in [3.05, 3.63) is 45.3 Å². The fourth-order valence-electron chi connectivity index (χ4n) is 2.86. The minimum Gasteiger partial charge on any atom is -0.478 e. The molecule has 24 heavy (non-hydrogen) atoms. The van der Waals surface area contributed by atoms with Crippen LogP contribution in [0.3, 0.4) is 0 Å². The van der Waals surface area contributed by atoms with E-state index in [4.69, 9.17) is 11.6 Å². The van der Waals surface area contributed by atoms with Crippen molar-refractivity contribution in [2.24, 2.45) is 0 Å². The van der Waals surface area contributed by atoms with Crippen molar-refractivity contribution in [1.82, 2.24) is 0 Å². The van der Waals surface area contributed by atoms with E-state index in [0.29, 0.717) is 15.7 Å². The molecule has 0 saturated carbocycles. The van der Waals surface area contributed by atoms with Gasteiger partial charge in [-0.25, -0.2) is 9.59 Å². The molecule has 3 N–H and O–H groups in total. The van der Waals surface area contributed by atoms with Crippen LogP contribution in [0.2, 0.25) is 5.02 Å². The molecule has 0 spiro atoms. The molecule has 0 bridgehead atoms. The molecule has 5 nitrogen and oxygen atoms in total. The van der Waals surface area contributed by atoms with Gasteiger partial charge in [0.05, 0.1) is 5.56 Å². The molecule has 126 valence electrons. The van der Waals surface area contributed by atoms with Crippen LogP contribution in [0.25, 0.3) is 0 Å². The minimum atomic E-state index is -0.990. The fourth-order valence-corrected chi connectivity index (χ4v) is 4.26. The van der Waals surface area contributed by atoms with E-state index in [2.05, 4.69) is 10.6 Å². The third-order valence-electron chi connectivity index (χ3n) is 3.96. The molecule has 1 aromatic carbocycles. The lowest BCUT2D eigenvalue weighted by molar-refractivity contribution is 0.0697. The van der Waals surface area contributed by atoms with Crippen molar-refractivity contribution in [1.29, 1.82) is 0 Å². The fraction of sp³-hybridized carbons (Fsp3) is 0.294. The van der Waals surface area contributed by atoms with Crippen LogP contribution < -0.4 is 10.6 Å². The highest BCUT2D eigenvalue weighted by molar-refractivity contribution is 7.17. The second-order valence-electron chi connectivity index (χ2n) is 5.66. The Kier molecular flexibility index (Phi) is 5.06. The standard InChI is InChI=1S/C17H17ClN2O3S/c18-10-6-8-11(9-7-10)19-17(23)20-15-14(16(21)22)12-4-2-1-3-5-13(12)24-15/h6-9H,1-5H2,(H,21,22)(H2,19,20,23). The molecule has 0 unspecified atom stereocenters. The molecule has 0 atom stereocenters. The maximum absolute atomic E-state index is 12.2. The Balaban J connectivity index is 1.80. The van der Waals surface area contributed by atoms with E-state index in [0.717, 1.165) is 42.5 Å². The number of hydrogen-bond acceptors (Lipinski definition) is 3. The molecule has 1 aliphatic rings.